The first-order valence-corrected chi connectivity index (χ1v) is 7.41. The Labute approximate surface area is 117 Å². The maximum Gasteiger partial charge on any atom is 0.0314 e. The molecule has 0 aromatic heterocycles. The van der Waals surface area contributed by atoms with E-state index < -0.39 is 0 Å². The van der Waals surface area contributed by atoms with Gasteiger partial charge in [0.25, 0.3) is 0 Å². The van der Waals surface area contributed by atoms with Crippen LogP contribution in [0.3, 0.4) is 0 Å². The largest absolute Gasteiger partial charge is 0.399 e. The van der Waals surface area contributed by atoms with Crippen LogP contribution >= 0.6 is 0 Å². The fraction of sp³-hybridized carbons (Fsp3) is 0.647. The lowest BCUT2D eigenvalue weighted by atomic mass is 10.0. The summed E-state index contributed by atoms with van der Waals surface area (Å²) in [5.74, 6) is 0.816. The Balaban J connectivity index is 1.62. The Morgan fingerprint density at radius 1 is 1.05 bits per heavy atom. The third kappa shape index (κ3) is 2.94. The van der Waals surface area contributed by atoms with Gasteiger partial charge in [-0.3, -0.25) is 0 Å². The number of rotatable bonds is 6. The summed E-state index contributed by atoms with van der Waals surface area (Å²) in [7, 11) is 0. The molecule has 0 radical (unpaired) electrons. The molecule has 1 saturated carbocycles. The van der Waals surface area contributed by atoms with Gasteiger partial charge in [0.15, 0.2) is 0 Å². The molecule has 0 amide bonds. The van der Waals surface area contributed by atoms with Crippen LogP contribution < -0.4 is 11.1 Å². The van der Waals surface area contributed by atoms with Gasteiger partial charge in [-0.2, -0.15) is 0 Å². The van der Waals surface area contributed by atoms with Crippen molar-refractivity contribution in [2.75, 3.05) is 18.8 Å². The fourth-order valence-electron chi connectivity index (χ4n) is 3.19. The molecular formula is C17H28N2. The second-order valence-corrected chi connectivity index (χ2v) is 7.05. The van der Waals surface area contributed by atoms with E-state index in [0.29, 0.717) is 10.8 Å². The topological polar surface area (TPSA) is 38.0 Å². The molecule has 0 aliphatic heterocycles. The summed E-state index contributed by atoms with van der Waals surface area (Å²) in [6.07, 6.45) is 2.32. The Morgan fingerprint density at radius 2 is 1.63 bits per heavy atom. The number of nitrogen functional groups attached to an aromatic ring is 1. The fourth-order valence-corrected chi connectivity index (χ4v) is 3.19. The molecule has 3 N–H and O–H groups in total. The third-order valence-electron chi connectivity index (χ3n) is 5.47. The van der Waals surface area contributed by atoms with E-state index in [-0.39, 0.29) is 0 Å². The van der Waals surface area contributed by atoms with Crippen molar-refractivity contribution in [3.8, 4) is 0 Å². The minimum absolute atomic E-state index is 0.497. The average Bonchev–Trinajstić information content (AvgIpc) is 2.73. The summed E-state index contributed by atoms with van der Waals surface area (Å²) in [6, 6.07) is 8.22. The van der Waals surface area contributed by atoms with E-state index in [1.165, 1.54) is 12.0 Å². The van der Waals surface area contributed by atoms with Crippen LogP contribution in [0.2, 0.25) is 0 Å². The number of aryl methyl sites for hydroxylation is 1. The number of anilines is 1. The molecule has 2 heteroatoms. The molecule has 106 valence electrons. The van der Waals surface area contributed by atoms with Crippen LogP contribution in [-0.2, 0) is 6.42 Å². The van der Waals surface area contributed by atoms with Crippen molar-refractivity contribution in [1.82, 2.24) is 5.32 Å². The highest BCUT2D eigenvalue weighted by atomic mass is 14.9. The predicted octanol–water partition coefficient (Wildman–Crippen LogP) is 3.47. The Bertz CT molecular complexity index is 403. The number of hydrogen-bond acceptors (Lipinski definition) is 2. The van der Waals surface area contributed by atoms with Gasteiger partial charge in [0.05, 0.1) is 0 Å². The molecule has 1 aliphatic carbocycles. The van der Waals surface area contributed by atoms with Gasteiger partial charge in [-0.05, 0) is 60.4 Å². The monoisotopic (exact) mass is 260 g/mol. The van der Waals surface area contributed by atoms with Crippen molar-refractivity contribution in [3.63, 3.8) is 0 Å². The molecule has 1 aromatic carbocycles. The first-order chi connectivity index (χ1) is 8.85. The quantitative estimate of drug-likeness (QED) is 0.607. The molecular weight excluding hydrogens is 232 g/mol. The molecule has 2 rings (SSSR count). The van der Waals surface area contributed by atoms with Gasteiger partial charge in [0.1, 0.15) is 0 Å². The maximum atomic E-state index is 5.68. The van der Waals surface area contributed by atoms with Crippen molar-refractivity contribution < 1.29 is 0 Å². The Hall–Kier alpha value is -1.02. The standard InChI is InChI=1S/C17H28N2/c1-16(2)15(17(16,3)4)12-19-11-5-6-13-7-9-14(18)10-8-13/h7-10,15,19H,5-6,11-12,18H2,1-4H3. The van der Waals surface area contributed by atoms with Crippen LogP contribution in [0.25, 0.3) is 0 Å². The molecule has 0 spiro atoms. The van der Waals surface area contributed by atoms with Crippen LogP contribution in [0.5, 0.6) is 0 Å². The van der Waals surface area contributed by atoms with Crippen molar-refractivity contribution in [3.05, 3.63) is 29.8 Å². The van der Waals surface area contributed by atoms with E-state index in [2.05, 4.69) is 45.1 Å². The smallest absolute Gasteiger partial charge is 0.0314 e. The summed E-state index contributed by atoms with van der Waals surface area (Å²) >= 11 is 0. The number of nitrogens with two attached hydrogens (primary N) is 1. The van der Waals surface area contributed by atoms with Crippen molar-refractivity contribution in [1.29, 1.82) is 0 Å². The molecule has 0 unspecified atom stereocenters. The van der Waals surface area contributed by atoms with Crippen LogP contribution in [0.4, 0.5) is 5.69 Å². The van der Waals surface area contributed by atoms with Crippen LogP contribution in [0, 0.1) is 16.7 Å². The van der Waals surface area contributed by atoms with E-state index in [4.69, 9.17) is 5.73 Å². The van der Waals surface area contributed by atoms with Crippen molar-refractivity contribution >= 4 is 5.69 Å². The van der Waals surface area contributed by atoms with Gasteiger partial charge in [-0.1, -0.05) is 39.8 Å². The van der Waals surface area contributed by atoms with E-state index in [9.17, 15) is 0 Å². The van der Waals surface area contributed by atoms with Gasteiger partial charge < -0.3 is 11.1 Å². The molecule has 1 aromatic rings. The highest BCUT2D eigenvalue weighted by molar-refractivity contribution is 5.39. The van der Waals surface area contributed by atoms with Crippen LogP contribution in [0.15, 0.2) is 24.3 Å². The molecule has 1 fully saturated rings. The van der Waals surface area contributed by atoms with Crippen molar-refractivity contribution in [2.24, 2.45) is 16.7 Å². The molecule has 1 aliphatic rings. The average molecular weight is 260 g/mol. The molecule has 19 heavy (non-hydrogen) atoms. The Morgan fingerprint density at radius 3 is 2.16 bits per heavy atom. The third-order valence-corrected chi connectivity index (χ3v) is 5.47. The maximum absolute atomic E-state index is 5.68. The van der Waals surface area contributed by atoms with E-state index in [1.54, 1.807) is 0 Å². The lowest BCUT2D eigenvalue weighted by Gasteiger charge is -2.06. The summed E-state index contributed by atoms with van der Waals surface area (Å²) in [5.41, 5.74) is 8.90. The van der Waals surface area contributed by atoms with E-state index in [0.717, 1.165) is 31.1 Å². The normalized spacial score (nSPS) is 20.4. The molecule has 0 heterocycles. The van der Waals surface area contributed by atoms with Gasteiger partial charge in [0, 0.05) is 5.69 Å². The van der Waals surface area contributed by atoms with Crippen molar-refractivity contribution in [2.45, 2.75) is 40.5 Å². The lowest BCUT2D eigenvalue weighted by molar-refractivity contribution is 0.457. The zero-order valence-electron chi connectivity index (χ0n) is 12.8. The SMILES string of the molecule is CC1(C)C(CNCCCc2ccc(N)cc2)C1(C)C. The van der Waals surface area contributed by atoms with Crippen LogP contribution in [0.1, 0.15) is 39.7 Å². The summed E-state index contributed by atoms with van der Waals surface area (Å²) in [5, 5.41) is 3.62. The zero-order chi connectivity index (χ0) is 14.1. The highest BCUT2D eigenvalue weighted by Crippen LogP contribution is 2.67. The predicted molar refractivity (Wildman–Crippen MR) is 83.1 cm³/mol. The van der Waals surface area contributed by atoms with Gasteiger partial charge in [0.2, 0.25) is 0 Å². The first-order valence-electron chi connectivity index (χ1n) is 7.41. The second-order valence-electron chi connectivity index (χ2n) is 7.05. The molecule has 2 nitrogen and oxygen atoms in total. The first kappa shape index (κ1) is 14.4. The van der Waals surface area contributed by atoms with Crippen LogP contribution in [-0.4, -0.2) is 13.1 Å². The molecule has 0 atom stereocenters. The zero-order valence-corrected chi connectivity index (χ0v) is 12.8. The lowest BCUT2D eigenvalue weighted by Crippen LogP contribution is -2.21. The highest BCUT2D eigenvalue weighted by Gasteiger charge is 2.63. The van der Waals surface area contributed by atoms with E-state index >= 15 is 0 Å². The summed E-state index contributed by atoms with van der Waals surface area (Å²) in [4.78, 5) is 0. The summed E-state index contributed by atoms with van der Waals surface area (Å²) in [6.45, 7) is 11.8. The second kappa shape index (κ2) is 5.16. The van der Waals surface area contributed by atoms with Gasteiger partial charge in [-0.25, -0.2) is 0 Å². The van der Waals surface area contributed by atoms with Gasteiger partial charge in [-0.15, -0.1) is 0 Å². The minimum Gasteiger partial charge on any atom is -0.399 e. The van der Waals surface area contributed by atoms with Gasteiger partial charge >= 0.3 is 0 Å². The number of benzene rings is 1. The minimum atomic E-state index is 0.497. The van der Waals surface area contributed by atoms with E-state index in [1.807, 2.05) is 12.1 Å². The Kier molecular flexibility index (Phi) is 3.91. The number of nitrogens with one attached hydrogen (secondary N) is 1. The summed E-state index contributed by atoms with van der Waals surface area (Å²) < 4.78 is 0. The molecule has 0 bridgehead atoms. The number of hydrogen-bond donors (Lipinski definition) is 2. The molecule has 0 saturated heterocycles.